The smallest absolute Gasteiger partial charge is 0.256 e. The van der Waals surface area contributed by atoms with E-state index in [1.807, 2.05) is 18.7 Å². The van der Waals surface area contributed by atoms with Gasteiger partial charge in [0.15, 0.2) is 0 Å². The fourth-order valence-corrected chi connectivity index (χ4v) is 2.89. The summed E-state index contributed by atoms with van der Waals surface area (Å²) in [5.74, 6) is -0.462. The van der Waals surface area contributed by atoms with Crippen molar-refractivity contribution in [2.75, 3.05) is 38.5 Å². The van der Waals surface area contributed by atoms with Crippen molar-refractivity contribution in [1.29, 1.82) is 0 Å². The number of halogens is 1. The lowest BCUT2D eigenvalue weighted by Crippen LogP contribution is -2.42. The molecule has 0 radical (unpaired) electrons. The summed E-state index contributed by atoms with van der Waals surface area (Å²) in [5, 5.41) is 2.97. The number of para-hydroxylation sites is 1. The van der Waals surface area contributed by atoms with Gasteiger partial charge >= 0.3 is 0 Å². The molecule has 1 aromatic rings. The van der Waals surface area contributed by atoms with Gasteiger partial charge in [0.25, 0.3) is 5.91 Å². The highest BCUT2D eigenvalue weighted by Crippen LogP contribution is 2.23. The third kappa shape index (κ3) is 3.53. The molecule has 1 saturated heterocycles. The molecule has 1 atom stereocenters. The second kappa shape index (κ2) is 6.89. The SMILES string of the molecule is CCNc1c(F)cccc1C(=O)N1CCCN(C)CC1C. The van der Waals surface area contributed by atoms with Crippen LogP contribution in [0.15, 0.2) is 18.2 Å². The standard InChI is InChI=1S/C16H24FN3O/c1-4-18-15-13(7-5-8-14(15)17)16(21)20-10-6-9-19(3)11-12(20)2/h5,7-8,12,18H,4,6,9-11H2,1-3H3. The maximum atomic E-state index is 14.0. The molecule has 0 aromatic heterocycles. The Morgan fingerprint density at radius 2 is 2.19 bits per heavy atom. The number of carbonyl (C=O) groups excluding carboxylic acids is 1. The third-order valence-corrected chi connectivity index (χ3v) is 3.91. The molecule has 0 spiro atoms. The molecule has 5 heteroatoms. The van der Waals surface area contributed by atoms with Crippen molar-refractivity contribution in [3.05, 3.63) is 29.6 Å². The molecule has 4 nitrogen and oxygen atoms in total. The largest absolute Gasteiger partial charge is 0.382 e. The number of benzene rings is 1. The second-order valence-corrected chi connectivity index (χ2v) is 5.66. The second-order valence-electron chi connectivity index (χ2n) is 5.66. The summed E-state index contributed by atoms with van der Waals surface area (Å²) < 4.78 is 14.0. The molecule has 1 fully saturated rings. The molecule has 1 aliphatic heterocycles. The van der Waals surface area contributed by atoms with Crippen LogP contribution in [-0.2, 0) is 0 Å². The van der Waals surface area contributed by atoms with Gasteiger partial charge in [0.05, 0.1) is 11.3 Å². The van der Waals surface area contributed by atoms with Gasteiger partial charge in [-0.25, -0.2) is 4.39 Å². The number of amides is 1. The van der Waals surface area contributed by atoms with E-state index in [-0.39, 0.29) is 17.8 Å². The lowest BCUT2D eigenvalue weighted by Gasteiger charge is -2.29. The van der Waals surface area contributed by atoms with Gasteiger partial charge in [0.2, 0.25) is 0 Å². The van der Waals surface area contributed by atoms with Crippen molar-refractivity contribution in [2.45, 2.75) is 26.3 Å². The Morgan fingerprint density at radius 3 is 2.90 bits per heavy atom. The molecule has 1 aromatic carbocycles. The molecule has 2 rings (SSSR count). The van der Waals surface area contributed by atoms with Crippen molar-refractivity contribution < 1.29 is 9.18 Å². The first-order valence-electron chi connectivity index (χ1n) is 7.56. The van der Waals surface area contributed by atoms with Crippen LogP contribution in [0.3, 0.4) is 0 Å². The molecule has 1 unspecified atom stereocenters. The molecule has 21 heavy (non-hydrogen) atoms. The molecular formula is C16H24FN3O. The van der Waals surface area contributed by atoms with Crippen molar-refractivity contribution in [3.63, 3.8) is 0 Å². The van der Waals surface area contributed by atoms with E-state index in [4.69, 9.17) is 0 Å². The fraction of sp³-hybridized carbons (Fsp3) is 0.562. The van der Waals surface area contributed by atoms with Crippen molar-refractivity contribution in [1.82, 2.24) is 9.80 Å². The van der Waals surface area contributed by atoms with Crippen LogP contribution in [0.1, 0.15) is 30.6 Å². The number of rotatable bonds is 3. The zero-order valence-corrected chi connectivity index (χ0v) is 13.0. The summed E-state index contributed by atoms with van der Waals surface area (Å²) in [6.07, 6.45) is 0.943. The molecule has 1 amide bonds. The number of likely N-dealkylation sites (N-methyl/N-ethyl adjacent to an activating group) is 1. The van der Waals surface area contributed by atoms with E-state index in [0.717, 1.165) is 19.5 Å². The Bertz CT molecular complexity index is 506. The van der Waals surface area contributed by atoms with Gasteiger partial charge in [-0.05, 0) is 46.0 Å². The minimum atomic E-state index is -0.373. The minimum absolute atomic E-state index is 0.0896. The number of carbonyl (C=O) groups is 1. The highest BCUT2D eigenvalue weighted by molar-refractivity contribution is 6.00. The van der Waals surface area contributed by atoms with Crippen LogP contribution in [0.5, 0.6) is 0 Å². The number of anilines is 1. The maximum absolute atomic E-state index is 14.0. The summed E-state index contributed by atoms with van der Waals surface area (Å²) in [4.78, 5) is 16.9. The van der Waals surface area contributed by atoms with E-state index >= 15 is 0 Å². The first-order chi connectivity index (χ1) is 10.0. The first kappa shape index (κ1) is 15.8. The van der Waals surface area contributed by atoms with Crippen LogP contribution < -0.4 is 5.32 Å². The average Bonchev–Trinajstić information content (AvgIpc) is 2.61. The molecule has 0 aliphatic carbocycles. The monoisotopic (exact) mass is 293 g/mol. The van der Waals surface area contributed by atoms with Crippen LogP contribution >= 0.6 is 0 Å². The summed E-state index contributed by atoms with van der Waals surface area (Å²) >= 11 is 0. The van der Waals surface area contributed by atoms with Gasteiger partial charge in [0, 0.05) is 25.7 Å². The average molecular weight is 293 g/mol. The fourth-order valence-electron chi connectivity index (χ4n) is 2.89. The normalized spacial score (nSPS) is 20.2. The Morgan fingerprint density at radius 1 is 1.43 bits per heavy atom. The van der Waals surface area contributed by atoms with Gasteiger partial charge in [0.1, 0.15) is 5.82 Å². The number of hydrogen-bond acceptors (Lipinski definition) is 3. The third-order valence-electron chi connectivity index (χ3n) is 3.91. The number of hydrogen-bond donors (Lipinski definition) is 1. The van der Waals surface area contributed by atoms with Crippen LogP contribution in [0.4, 0.5) is 10.1 Å². The van der Waals surface area contributed by atoms with Crippen molar-refractivity contribution in [2.24, 2.45) is 0 Å². The van der Waals surface area contributed by atoms with Crippen LogP contribution in [0.2, 0.25) is 0 Å². The highest BCUT2D eigenvalue weighted by atomic mass is 19.1. The highest BCUT2D eigenvalue weighted by Gasteiger charge is 2.27. The molecule has 1 heterocycles. The van der Waals surface area contributed by atoms with Crippen LogP contribution in [-0.4, -0.2) is 55.0 Å². The minimum Gasteiger partial charge on any atom is -0.382 e. The van der Waals surface area contributed by atoms with E-state index in [1.165, 1.54) is 6.07 Å². The van der Waals surface area contributed by atoms with E-state index in [1.54, 1.807) is 12.1 Å². The lowest BCUT2D eigenvalue weighted by molar-refractivity contribution is 0.0697. The van der Waals surface area contributed by atoms with Gasteiger partial charge in [-0.3, -0.25) is 4.79 Å². The van der Waals surface area contributed by atoms with E-state index in [9.17, 15) is 9.18 Å². The zero-order valence-electron chi connectivity index (χ0n) is 13.0. The van der Waals surface area contributed by atoms with Crippen LogP contribution in [0, 0.1) is 5.82 Å². The van der Waals surface area contributed by atoms with Gasteiger partial charge in [-0.15, -0.1) is 0 Å². The molecule has 0 bridgehead atoms. The molecule has 1 N–H and O–H groups in total. The lowest BCUT2D eigenvalue weighted by atomic mass is 10.1. The van der Waals surface area contributed by atoms with E-state index in [0.29, 0.717) is 24.3 Å². The Kier molecular flexibility index (Phi) is 5.17. The van der Waals surface area contributed by atoms with Gasteiger partial charge < -0.3 is 15.1 Å². The summed E-state index contributed by atoms with van der Waals surface area (Å²) in [6, 6.07) is 4.81. The summed E-state index contributed by atoms with van der Waals surface area (Å²) in [7, 11) is 2.07. The first-order valence-corrected chi connectivity index (χ1v) is 7.56. The number of nitrogens with zero attached hydrogens (tertiary/aromatic N) is 2. The summed E-state index contributed by atoms with van der Waals surface area (Å²) in [5.41, 5.74) is 0.739. The molecule has 0 saturated carbocycles. The molecular weight excluding hydrogens is 269 g/mol. The Labute approximate surface area is 125 Å². The predicted octanol–water partition coefficient (Wildman–Crippen LogP) is 2.42. The van der Waals surface area contributed by atoms with Crippen molar-refractivity contribution in [3.8, 4) is 0 Å². The molecule has 1 aliphatic rings. The van der Waals surface area contributed by atoms with E-state index in [2.05, 4.69) is 17.3 Å². The van der Waals surface area contributed by atoms with Gasteiger partial charge in [-0.2, -0.15) is 0 Å². The Balaban J connectivity index is 2.28. The summed E-state index contributed by atoms with van der Waals surface area (Å²) in [6.45, 7) is 7.07. The predicted molar refractivity (Wildman–Crippen MR) is 83.2 cm³/mol. The quantitative estimate of drug-likeness (QED) is 0.929. The maximum Gasteiger partial charge on any atom is 0.256 e. The van der Waals surface area contributed by atoms with Crippen molar-refractivity contribution >= 4 is 11.6 Å². The zero-order chi connectivity index (χ0) is 15.4. The van der Waals surface area contributed by atoms with Crippen LogP contribution in [0.25, 0.3) is 0 Å². The molecule has 116 valence electrons. The van der Waals surface area contributed by atoms with E-state index < -0.39 is 0 Å². The van der Waals surface area contributed by atoms with Gasteiger partial charge in [-0.1, -0.05) is 6.07 Å². The Hall–Kier alpha value is -1.62. The number of nitrogens with one attached hydrogen (secondary N) is 1. The topological polar surface area (TPSA) is 35.6 Å².